The molecule has 0 spiro atoms. The number of aromatic nitrogens is 2. The van der Waals surface area contributed by atoms with Crippen molar-refractivity contribution in [3.8, 4) is 5.88 Å². The van der Waals surface area contributed by atoms with Crippen molar-refractivity contribution in [3.63, 3.8) is 0 Å². The molecule has 1 aromatic carbocycles. The molecule has 2 aromatic rings. The van der Waals surface area contributed by atoms with Gasteiger partial charge in [-0.3, -0.25) is 4.79 Å². The molecule has 2 atom stereocenters. The summed E-state index contributed by atoms with van der Waals surface area (Å²) in [4.78, 5) is 15.6. The molecular weight excluding hydrogens is 242 g/mol. The van der Waals surface area contributed by atoms with Gasteiger partial charge in [0, 0.05) is 13.5 Å². The second-order valence-corrected chi connectivity index (χ2v) is 4.76. The molecule has 0 saturated carbocycles. The molecule has 0 aliphatic heterocycles. The predicted octanol–water partition coefficient (Wildman–Crippen LogP) is 0.784. The van der Waals surface area contributed by atoms with Crippen LogP contribution in [0.3, 0.4) is 0 Å². The highest BCUT2D eigenvalue weighted by molar-refractivity contribution is 5.36. The highest BCUT2D eigenvalue weighted by Crippen LogP contribution is 2.31. The molecule has 1 aromatic heterocycles. The summed E-state index contributed by atoms with van der Waals surface area (Å²) in [6.07, 6.45) is 2.02. The summed E-state index contributed by atoms with van der Waals surface area (Å²) in [5, 5.41) is 0. The van der Waals surface area contributed by atoms with Gasteiger partial charge in [-0.05, 0) is 11.1 Å². The van der Waals surface area contributed by atoms with Crippen molar-refractivity contribution in [2.75, 3.05) is 0 Å². The molecule has 19 heavy (non-hydrogen) atoms. The summed E-state index contributed by atoms with van der Waals surface area (Å²) < 4.78 is 7.16. The number of aryl methyl sites for hydroxylation is 1. The fraction of sp³-hybridized carbons (Fsp3) is 0.286. The van der Waals surface area contributed by atoms with Crippen LogP contribution < -0.4 is 16.0 Å². The number of fused-ring (bicyclic) bond motifs is 1. The second-order valence-electron chi connectivity index (χ2n) is 4.76. The average Bonchev–Trinajstić information content (AvgIpc) is 2.72. The molecular formula is C14H15N3O2. The van der Waals surface area contributed by atoms with Crippen LogP contribution in [0.5, 0.6) is 5.88 Å². The first-order valence-corrected chi connectivity index (χ1v) is 6.18. The highest BCUT2D eigenvalue weighted by atomic mass is 16.5. The van der Waals surface area contributed by atoms with E-state index in [2.05, 4.69) is 11.1 Å². The van der Waals surface area contributed by atoms with E-state index in [1.165, 1.54) is 22.5 Å². The lowest BCUT2D eigenvalue weighted by Gasteiger charge is -2.17. The van der Waals surface area contributed by atoms with Gasteiger partial charge in [0.05, 0.1) is 12.1 Å². The van der Waals surface area contributed by atoms with Gasteiger partial charge in [0.2, 0.25) is 5.88 Å². The number of nitrogens with two attached hydrogens (primary N) is 1. The Labute approximate surface area is 110 Å². The maximum atomic E-state index is 11.5. The van der Waals surface area contributed by atoms with Gasteiger partial charge < -0.3 is 15.0 Å². The molecule has 2 unspecified atom stereocenters. The highest BCUT2D eigenvalue weighted by Gasteiger charge is 2.31. The van der Waals surface area contributed by atoms with E-state index in [-0.39, 0.29) is 17.7 Å². The fourth-order valence-electron chi connectivity index (χ4n) is 2.37. The quantitative estimate of drug-likeness (QED) is 0.863. The van der Waals surface area contributed by atoms with Gasteiger partial charge in [0.15, 0.2) is 0 Å². The summed E-state index contributed by atoms with van der Waals surface area (Å²) in [6, 6.07) is 9.23. The topological polar surface area (TPSA) is 70.1 Å². The Morgan fingerprint density at radius 1 is 1.42 bits per heavy atom. The minimum Gasteiger partial charge on any atom is -0.472 e. The number of hydrogen-bond donors (Lipinski definition) is 1. The Hall–Kier alpha value is -2.14. The van der Waals surface area contributed by atoms with E-state index in [0.29, 0.717) is 5.88 Å². The zero-order valence-electron chi connectivity index (χ0n) is 10.6. The van der Waals surface area contributed by atoms with Gasteiger partial charge in [-0.1, -0.05) is 24.3 Å². The first-order chi connectivity index (χ1) is 9.15. The molecule has 2 N–H and O–H groups in total. The van der Waals surface area contributed by atoms with Crippen molar-refractivity contribution in [3.05, 3.63) is 58.1 Å². The standard InChI is InChI=1S/C14H15N3O2/c1-17-8-16-12(7-13(17)18)19-11-6-9-4-2-3-5-10(9)14(11)15/h2-5,7-8,11,14H,6,15H2,1H3. The Morgan fingerprint density at radius 3 is 2.95 bits per heavy atom. The molecule has 5 heteroatoms. The van der Waals surface area contributed by atoms with Gasteiger partial charge in [-0.2, -0.15) is 0 Å². The number of hydrogen-bond acceptors (Lipinski definition) is 4. The zero-order valence-corrected chi connectivity index (χ0v) is 10.6. The third kappa shape index (κ3) is 2.13. The summed E-state index contributed by atoms with van der Waals surface area (Å²) in [5.41, 5.74) is 8.33. The van der Waals surface area contributed by atoms with Crippen molar-refractivity contribution in [1.29, 1.82) is 0 Å². The Balaban J connectivity index is 1.82. The lowest BCUT2D eigenvalue weighted by molar-refractivity contribution is 0.176. The normalized spacial score (nSPS) is 21.2. The largest absolute Gasteiger partial charge is 0.472 e. The third-order valence-corrected chi connectivity index (χ3v) is 3.46. The molecule has 0 amide bonds. The van der Waals surface area contributed by atoms with Crippen molar-refractivity contribution < 1.29 is 4.74 Å². The monoisotopic (exact) mass is 257 g/mol. The number of rotatable bonds is 2. The lowest BCUT2D eigenvalue weighted by atomic mass is 10.1. The van der Waals surface area contributed by atoms with Gasteiger partial charge in [-0.25, -0.2) is 4.98 Å². The van der Waals surface area contributed by atoms with E-state index in [9.17, 15) is 4.79 Å². The van der Waals surface area contributed by atoms with Crippen LogP contribution in [0.2, 0.25) is 0 Å². The first kappa shape index (κ1) is 11.9. The van der Waals surface area contributed by atoms with Crippen LogP contribution in [0, 0.1) is 0 Å². The molecule has 98 valence electrons. The van der Waals surface area contributed by atoms with Crippen LogP contribution >= 0.6 is 0 Å². The smallest absolute Gasteiger partial charge is 0.256 e. The Bertz CT molecular complexity index is 666. The zero-order chi connectivity index (χ0) is 13.4. The molecule has 3 rings (SSSR count). The van der Waals surface area contributed by atoms with Crippen molar-refractivity contribution in [2.24, 2.45) is 12.8 Å². The van der Waals surface area contributed by atoms with Crippen molar-refractivity contribution in [2.45, 2.75) is 18.6 Å². The predicted molar refractivity (Wildman–Crippen MR) is 71.0 cm³/mol. The van der Waals surface area contributed by atoms with E-state index >= 15 is 0 Å². The van der Waals surface area contributed by atoms with E-state index < -0.39 is 0 Å². The van der Waals surface area contributed by atoms with Crippen LogP contribution in [0.4, 0.5) is 0 Å². The van der Waals surface area contributed by atoms with Crippen LogP contribution in [0.15, 0.2) is 41.5 Å². The molecule has 0 saturated heterocycles. The van der Waals surface area contributed by atoms with Gasteiger partial charge in [-0.15, -0.1) is 0 Å². The summed E-state index contributed by atoms with van der Waals surface area (Å²) in [7, 11) is 1.65. The minimum atomic E-state index is -0.179. The van der Waals surface area contributed by atoms with Crippen LogP contribution in [0.1, 0.15) is 17.2 Å². The third-order valence-electron chi connectivity index (χ3n) is 3.46. The van der Waals surface area contributed by atoms with E-state index in [1.807, 2.05) is 18.2 Å². The van der Waals surface area contributed by atoms with Gasteiger partial charge in [0.25, 0.3) is 5.56 Å². The average molecular weight is 257 g/mol. The van der Waals surface area contributed by atoms with Crippen molar-refractivity contribution >= 4 is 0 Å². The number of nitrogens with zero attached hydrogens (tertiary/aromatic N) is 2. The Morgan fingerprint density at radius 2 is 2.21 bits per heavy atom. The van der Waals surface area contributed by atoms with E-state index in [0.717, 1.165) is 12.0 Å². The van der Waals surface area contributed by atoms with Gasteiger partial charge in [0.1, 0.15) is 12.4 Å². The van der Waals surface area contributed by atoms with E-state index in [4.69, 9.17) is 10.5 Å². The van der Waals surface area contributed by atoms with Crippen LogP contribution in [-0.4, -0.2) is 15.7 Å². The molecule has 0 bridgehead atoms. The molecule has 1 aliphatic rings. The second kappa shape index (κ2) is 4.51. The van der Waals surface area contributed by atoms with Crippen LogP contribution in [-0.2, 0) is 13.5 Å². The minimum absolute atomic E-state index is 0.144. The first-order valence-electron chi connectivity index (χ1n) is 6.18. The maximum absolute atomic E-state index is 11.5. The summed E-state index contributed by atoms with van der Waals surface area (Å²) in [6.45, 7) is 0. The van der Waals surface area contributed by atoms with Gasteiger partial charge >= 0.3 is 0 Å². The summed E-state index contributed by atoms with van der Waals surface area (Å²) in [5.74, 6) is 0.330. The van der Waals surface area contributed by atoms with Crippen molar-refractivity contribution in [1.82, 2.24) is 9.55 Å². The lowest BCUT2D eigenvalue weighted by Crippen LogP contribution is -2.29. The number of benzene rings is 1. The SMILES string of the molecule is Cn1cnc(OC2Cc3ccccc3C2N)cc1=O. The molecule has 5 nitrogen and oxygen atoms in total. The number of ether oxygens (including phenoxy) is 1. The summed E-state index contributed by atoms with van der Waals surface area (Å²) >= 11 is 0. The molecule has 1 heterocycles. The molecule has 1 aliphatic carbocycles. The maximum Gasteiger partial charge on any atom is 0.256 e. The fourth-order valence-corrected chi connectivity index (χ4v) is 2.37. The molecule has 0 radical (unpaired) electrons. The van der Waals surface area contributed by atoms with Crippen LogP contribution in [0.25, 0.3) is 0 Å². The Kier molecular flexibility index (Phi) is 2.83. The molecule has 0 fully saturated rings. The van der Waals surface area contributed by atoms with E-state index in [1.54, 1.807) is 7.05 Å².